The van der Waals surface area contributed by atoms with Crippen LogP contribution in [0.1, 0.15) is 22.8 Å². The number of benzene rings is 1. The van der Waals surface area contributed by atoms with Crippen molar-refractivity contribution in [3.63, 3.8) is 0 Å². The first kappa shape index (κ1) is 20.3. The Labute approximate surface area is 204 Å². The third-order valence-electron chi connectivity index (χ3n) is 5.55. The molecule has 8 bridgehead atoms. The molecule has 0 unspecified atom stereocenters. The van der Waals surface area contributed by atoms with Crippen molar-refractivity contribution in [3.05, 3.63) is 92.4 Å². The molecule has 2 N–H and O–H groups in total. The molecule has 7 heteroatoms. The lowest BCUT2D eigenvalue weighted by atomic mass is 10.1. The Morgan fingerprint density at radius 1 is 0.606 bits per heavy atom. The van der Waals surface area contributed by atoms with Gasteiger partial charge >= 0.3 is 0 Å². The topological polar surface area (TPSA) is 57.4 Å². The Morgan fingerprint density at radius 3 is 2.12 bits per heavy atom. The first-order valence-electron chi connectivity index (χ1n) is 10.3. The fourth-order valence-electron chi connectivity index (χ4n) is 3.99. The summed E-state index contributed by atoms with van der Waals surface area (Å²) < 4.78 is 0. The van der Waals surface area contributed by atoms with Crippen molar-refractivity contribution in [1.82, 2.24) is 19.9 Å². The van der Waals surface area contributed by atoms with E-state index in [1.165, 1.54) is 0 Å². The Bertz CT molecular complexity index is 1660. The lowest BCUT2D eigenvalue weighted by Gasteiger charge is -2.03. The summed E-state index contributed by atoms with van der Waals surface area (Å²) in [6.45, 7) is 0. The van der Waals surface area contributed by atoms with E-state index in [4.69, 9.17) is 44.8 Å². The second-order valence-corrected chi connectivity index (χ2v) is 8.91. The highest BCUT2D eigenvalue weighted by molar-refractivity contribution is 6.38. The highest BCUT2D eigenvalue weighted by Crippen LogP contribution is 2.37. The average molecular weight is 490 g/mol. The van der Waals surface area contributed by atoms with Crippen LogP contribution in [-0.4, -0.2) is 19.9 Å². The van der Waals surface area contributed by atoms with Crippen LogP contribution in [0.2, 0.25) is 15.1 Å². The maximum Gasteiger partial charge on any atom is 0.0904 e. The molecule has 5 heterocycles. The van der Waals surface area contributed by atoms with Crippen LogP contribution >= 0.6 is 34.8 Å². The van der Waals surface area contributed by atoms with E-state index in [-0.39, 0.29) is 0 Å². The van der Waals surface area contributed by atoms with E-state index in [0.29, 0.717) is 26.5 Å². The zero-order valence-electron chi connectivity index (χ0n) is 17.0. The van der Waals surface area contributed by atoms with Crippen molar-refractivity contribution in [2.75, 3.05) is 0 Å². The van der Waals surface area contributed by atoms with Crippen LogP contribution in [0.4, 0.5) is 0 Å². The van der Waals surface area contributed by atoms with Crippen molar-refractivity contribution in [2.24, 2.45) is 0 Å². The van der Waals surface area contributed by atoms with Crippen LogP contribution in [0.5, 0.6) is 0 Å². The van der Waals surface area contributed by atoms with Gasteiger partial charge in [-0.15, -0.1) is 0 Å². The Balaban J connectivity index is 1.75. The standard InChI is InChI=1S/C26H15Cl3N4/c27-20-4-2-1-3-18(20)19-13-17-12-15-6-5-14(30-15)11-16-7-8-21(31-16)24(28)22-9-10-23(33-22)25(29)26(19)32-17/h1-13,31-32H. The minimum atomic E-state index is 0.476. The Hall–Kier alpha value is -3.31. The van der Waals surface area contributed by atoms with Gasteiger partial charge in [0.2, 0.25) is 0 Å². The summed E-state index contributed by atoms with van der Waals surface area (Å²) in [5.41, 5.74) is 7.93. The van der Waals surface area contributed by atoms with Crippen LogP contribution in [0, 0.1) is 0 Å². The van der Waals surface area contributed by atoms with Crippen molar-refractivity contribution in [3.8, 4) is 11.1 Å². The lowest BCUT2D eigenvalue weighted by Crippen LogP contribution is -1.82. The van der Waals surface area contributed by atoms with Gasteiger partial charge < -0.3 is 9.97 Å². The fraction of sp³-hybridized carbons (Fsp3) is 0. The summed E-state index contributed by atoms with van der Waals surface area (Å²) in [5, 5.41) is 1.63. The van der Waals surface area contributed by atoms with Crippen LogP contribution in [0.15, 0.2) is 54.6 Å². The molecule has 0 amide bonds. The molecule has 2 aliphatic heterocycles. The molecule has 160 valence electrons. The fourth-order valence-corrected chi connectivity index (χ4v) is 4.70. The monoisotopic (exact) mass is 488 g/mol. The van der Waals surface area contributed by atoms with E-state index in [0.717, 1.165) is 44.6 Å². The number of rotatable bonds is 1. The lowest BCUT2D eigenvalue weighted by molar-refractivity contribution is 1.31. The molecule has 6 rings (SSSR count). The highest BCUT2D eigenvalue weighted by Gasteiger charge is 2.15. The summed E-state index contributed by atoms with van der Waals surface area (Å²) in [6, 6.07) is 17.5. The van der Waals surface area contributed by atoms with Crippen LogP contribution < -0.4 is 0 Å². The molecule has 0 aliphatic carbocycles. The summed E-state index contributed by atoms with van der Waals surface area (Å²) in [7, 11) is 0. The van der Waals surface area contributed by atoms with Crippen molar-refractivity contribution < 1.29 is 0 Å². The van der Waals surface area contributed by atoms with E-state index >= 15 is 0 Å². The van der Waals surface area contributed by atoms with E-state index in [2.05, 4.69) is 9.97 Å². The SMILES string of the molecule is Clc1ccccc1-c1cc2cc3nc(cc4ccc([nH]4)c(Cl)c4nc(c(Cl)c1[nH]2)C=C4)C=C3. The van der Waals surface area contributed by atoms with Gasteiger partial charge in [0.1, 0.15) is 0 Å². The number of hydrogen-bond acceptors (Lipinski definition) is 2. The van der Waals surface area contributed by atoms with E-state index in [1.807, 2.05) is 78.9 Å². The maximum absolute atomic E-state index is 6.90. The van der Waals surface area contributed by atoms with E-state index in [9.17, 15) is 0 Å². The molecule has 4 aromatic rings. The van der Waals surface area contributed by atoms with Crippen molar-refractivity contribution in [2.45, 2.75) is 0 Å². The molecule has 0 radical (unpaired) electrons. The molecule has 0 saturated heterocycles. The molecular weight excluding hydrogens is 475 g/mol. The maximum atomic E-state index is 6.90. The summed E-state index contributed by atoms with van der Waals surface area (Å²) in [6.07, 6.45) is 7.66. The van der Waals surface area contributed by atoms with Gasteiger partial charge in [0.15, 0.2) is 0 Å². The van der Waals surface area contributed by atoms with Gasteiger partial charge in [0.25, 0.3) is 0 Å². The molecule has 0 fully saturated rings. The molecule has 2 aliphatic rings. The van der Waals surface area contributed by atoms with Gasteiger partial charge in [-0.2, -0.15) is 0 Å². The van der Waals surface area contributed by atoms with Crippen molar-refractivity contribution >= 4 is 81.2 Å². The van der Waals surface area contributed by atoms with Gasteiger partial charge in [-0.3, -0.25) is 0 Å². The Kier molecular flexibility index (Phi) is 4.88. The van der Waals surface area contributed by atoms with Crippen LogP contribution in [0.25, 0.3) is 57.5 Å². The molecule has 3 aromatic heterocycles. The zero-order valence-corrected chi connectivity index (χ0v) is 19.3. The van der Waals surface area contributed by atoms with Gasteiger partial charge in [0, 0.05) is 27.2 Å². The average Bonchev–Trinajstić information content (AvgIpc) is 3.60. The smallest absolute Gasteiger partial charge is 0.0904 e. The number of aromatic amines is 2. The predicted octanol–water partition coefficient (Wildman–Crippen LogP) is 8.28. The Morgan fingerprint density at radius 2 is 1.33 bits per heavy atom. The summed E-state index contributed by atoms with van der Waals surface area (Å²) in [5.74, 6) is 0. The molecule has 4 nitrogen and oxygen atoms in total. The van der Waals surface area contributed by atoms with E-state index in [1.54, 1.807) is 0 Å². The van der Waals surface area contributed by atoms with E-state index < -0.39 is 0 Å². The minimum absolute atomic E-state index is 0.476. The van der Waals surface area contributed by atoms with Crippen molar-refractivity contribution in [1.29, 1.82) is 0 Å². The van der Waals surface area contributed by atoms with Crippen LogP contribution in [-0.2, 0) is 0 Å². The number of nitrogens with zero attached hydrogens (tertiary/aromatic N) is 2. The molecule has 0 atom stereocenters. The predicted molar refractivity (Wildman–Crippen MR) is 139 cm³/mol. The number of nitrogens with one attached hydrogen (secondary N) is 2. The second kappa shape index (κ2) is 7.92. The molecule has 0 saturated carbocycles. The highest BCUT2D eigenvalue weighted by atomic mass is 35.5. The largest absolute Gasteiger partial charge is 0.354 e. The molecule has 33 heavy (non-hydrogen) atoms. The zero-order chi connectivity index (χ0) is 22.5. The third-order valence-corrected chi connectivity index (χ3v) is 6.66. The molecule has 0 spiro atoms. The van der Waals surface area contributed by atoms with Crippen LogP contribution in [0.3, 0.4) is 0 Å². The number of aromatic nitrogens is 4. The normalized spacial score (nSPS) is 12.5. The van der Waals surface area contributed by atoms with Gasteiger partial charge in [-0.1, -0.05) is 53.0 Å². The minimum Gasteiger partial charge on any atom is -0.354 e. The summed E-state index contributed by atoms with van der Waals surface area (Å²) >= 11 is 20.1. The number of H-pyrrole nitrogens is 2. The number of hydrogen-bond donors (Lipinski definition) is 2. The van der Waals surface area contributed by atoms with Gasteiger partial charge in [-0.25, -0.2) is 9.97 Å². The third kappa shape index (κ3) is 3.66. The first-order valence-corrected chi connectivity index (χ1v) is 11.4. The van der Waals surface area contributed by atoms with Gasteiger partial charge in [-0.05, 0) is 60.7 Å². The van der Waals surface area contributed by atoms with Gasteiger partial charge in [0.05, 0.1) is 43.9 Å². The number of halogens is 3. The molecular formula is C26H15Cl3N4. The number of fused-ring (bicyclic) bond motifs is 8. The second-order valence-electron chi connectivity index (χ2n) is 7.75. The summed E-state index contributed by atoms with van der Waals surface area (Å²) in [4.78, 5) is 16.1. The quantitative estimate of drug-likeness (QED) is 0.244. The molecule has 1 aromatic carbocycles. The first-order chi connectivity index (χ1) is 16.0.